The lowest BCUT2D eigenvalue weighted by Crippen LogP contribution is -2.44. The van der Waals surface area contributed by atoms with Gasteiger partial charge in [0.25, 0.3) is 11.8 Å². The van der Waals surface area contributed by atoms with E-state index in [1.54, 1.807) is 27.7 Å². The molecule has 0 bridgehead atoms. The van der Waals surface area contributed by atoms with E-state index in [9.17, 15) is 19.2 Å². The maximum absolute atomic E-state index is 12.3. The van der Waals surface area contributed by atoms with Crippen LogP contribution in [0.3, 0.4) is 0 Å². The average molecular weight is 366 g/mol. The van der Waals surface area contributed by atoms with Gasteiger partial charge in [0.15, 0.2) is 11.9 Å². The average Bonchev–Trinajstić information content (AvgIpc) is 3.09. The highest BCUT2D eigenvalue weighted by atomic mass is 16.5. The molecule has 0 saturated carbocycles. The molecule has 1 aromatic rings. The highest BCUT2D eigenvalue weighted by molar-refractivity contribution is 6.08. The molecule has 10 nitrogen and oxygen atoms in total. The summed E-state index contributed by atoms with van der Waals surface area (Å²) in [6.07, 6.45) is -0.487. The molecular formula is C16H22N4O6. The molecule has 2 N–H and O–H groups in total. The predicted molar refractivity (Wildman–Crippen MR) is 89.0 cm³/mol. The zero-order chi connectivity index (χ0) is 19.5. The molecule has 1 fully saturated rings. The number of aryl methyl sites for hydroxylation is 1. The molecule has 2 unspecified atom stereocenters. The molecule has 0 aliphatic carbocycles. The fourth-order valence-electron chi connectivity index (χ4n) is 2.41. The van der Waals surface area contributed by atoms with Crippen molar-refractivity contribution in [3.8, 4) is 0 Å². The smallest absolute Gasteiger partial charge is 0.327 e. The highest BCUT2D eigenvalue weighted by Crippen LogP contribution is 2.20. The van der Waals surface area contributed by atoms with Crippen LogP contribution in [-0.2, 0) is 19.1 Å². The highest BCUT2D eigenvalue weighted by Gasteiger charge is 2.47. The zero-order valence-corrected chi connectivity index (χ0v) is 15.1. The SMILES string of the molecule is CCC(OC(=O)CN1C(=O)NC(C)(CC)C1=O)C(=O)Nc1cc(C)on1. The van der Waals surface area contributed by atoms with Gasteiger partial charge in [-0.15, -0.1) is 0 Å². The van der Waals surface area contributed by atoms with Crippen molar-refractivity contribution in [1.82, 2.24) is 15.4 Å². The molecule has 4 amide bonds. The lowest BCUT2D eigenvalue weighted by Gasteiger charge is -2.20. The monoisotopic (exact) mass is 366 g/mol. The number of urea groups is 1. The van der Waals surface area contributed by atoms with E-state index in [4.69, 9.17) is 9.26 Å². The van der Waals surface area contributed by atoms with Crippen molar-refractivity contribution in [2.45, 2.75) is 52.2 Å². The van der Waals surface area contributed by atoms with Gasteiger partial charge in [-0.3, -0.25) is 19.3 Å². The van der Waals surface area contributed by atoms with Crippen molar-refractivity contribution in [1.29, 1.82) is 0 Å². The lowest BCUT2D eigenvalue weighted by molar-refractivity contribution is -0.156. The molecule has 2 rings (SSSR count). The quantitative estimate of drug-likeness (QED) is 0.543. The van der Waals surface area contributed by atoms with E-state index in [1.165, 1.54) is 6.07 Å². The number of esters is 1. The predicted octanol–water partition coefficient (Wildman–Crippen LogP) is 0.964. The van der Waals surface area contributed by atoms with Gasteiger partial charge in [-0.2, -0.15) is 0 Å². The number of anilines is 1. The number of aromatic nitrogens is 1. The number of carbonyl (C=O) groups excluding carboxylic acids is 4. The number of hydrogen-bond donors (Lipinski definition) is 2. The Morgan fingerprint density at radius 1 is 1.42 bits per heavy atom. The van der Waals surface area contributed by atoms with Crippen LogP contribution < -0.4 is 10.6 Å². The van der Waals surface area contributed by atoms with Crippen molar-refractivity contribution in [3.63, 3.8) is 0 Å². The number of nitrogens with zero attached hydrogens (tertiary/aromatic N) is 2. The van der Waals surface area contributed by atoms with Crippen LogP contribution in [-0.4, -0.2) is 52.1 Å². The van der Waals surface area contributed by atoms with Gasteiger partial charge in [0.2, 0.25) is 0 Å². The molecule has 1 aromatic heterocycles. The third-order valence-electron chi connectivity index (χ3n) is 4.16. The van der Waals surface area contributed by atoms with Crippen LogP contribution >= 0.6 is 0 Å². The molecule has 142 valence electrons. The summed E-state index contributed by atoms with van der Waals surface area (Å²) in [5, 5.41) is 8.64. The molecular weight excluding hydrogens is 344 g/mol. The van der Waals surface area contributed by atoms with E-state index < -0.39 is 42.0 Å². The first-order valence-electron chi connectivity index (χ1n) is 8.28. The summed E-state index contributed by atoms with van der Waals surface area (Å²) in [4.78, 5) is 49.3. The van der Waals surface area contributed by atoms with Gasteiger partial charge in [-0.05, 0) is 26.7 Å². The fraction of sp³-hybridized carbons (Fsp3) is 0.562. The molecule has 1 aliphatic heterocycles. The van der Waals surface area contributed by atoms with E-state index >= 15 is 0 Å². The summed E-state index contributed by atoms with van der Waals surface area (Å²) in [5.41, 5.74) is -1.04. The maximum atomic E-state index is 12.3. The third-order valence-corrected chi connectivity index (χ3v) is 4.16. The van der Waals surface area contributed by atoms with Gasteiger partial charge >= 0.3 is 12.0 Å². The molecule has 0 radical (unpaired) electrons. The normalized spacial score (nSPS) is 20.7. The second-order valence-electron chi connectivity index (χ2n) is 6.21. The molecule has 10 heteroatoms. The molecule has 1 saturated heterocycles. The number of amides is 4. The van der Waals surface area contributed by atoms with Crippen LogP contribution in [0, 0.1) is 6.92 Å². The Bertz CT molecular complexity index is 730. The van der Waals surface area contributed by atoms with Crippen LogP contribution in [0.15, 0.2) is 10.6 Å². The Kier molecular flexibility index (Phi) is 5.63. The minimum atomic E-state index is -1.09. The number of carbonyl (C=O) groups is 4. The third kappa shape index (κ3) is 4.01. The summed E-state index contributed by atoms with van der Waals surface area (Å²) in [5.74, 6) is -1.22. The van der Waals surface area contributed by atoms with Gasteiger partial charge in [-0.1, -0.05) is 19.0 Å². The second kappa shape index (κ2) is 7.54. The number of hydrogen-bond acceptors (Lipinski definition) is 7. The van der Waals surface area contributed by atoms with Gasteiger partial charge in [-0.25, -0.2) is 4.79 Å². The van der Waals surface area contributed by atoms with Crippen LogP contribution in [0.5, 0.6) is 0 Å². The number of ether oxygens (including phenoxy) is 1. The van der Waals surface area contributed by atoms with Gasteiger partial charge < -0.3 is 19.9 Å². The molecule has 26 heavy (non-hydrogen) atoms. The Morgan fingerprint density at radius 2 is 2.12 bits per heavy atom. The van der Waals surface area contributed by atoms with Crippen molar-refractivity contribution < 1.29 is 28.4 Å². The Hall–Kier alpha value is -2.91. The zero-order valence-electron chi connectivity index (χ0n) is 15.1. The summed E-state index contributed by atoms with van der Waals surface area (Å²) >= 11 is 0. The molecule has 0 aromatic carbocycles. The standard InChI is InChI=1S/C16H22N4O6/c1-5-10(13(22)17-11-7-9(3)26-19-11)25-12(21)8-20-14(23)16(4,6-2)18-15(20)24/h7,10H,5-6,8H2,1-4H3,(H,18,24)(H,17,19,22). The van der Waals surface area contributed by atoms with Gasteiger partial charge in [0.05, 0.1) is 0 Å². The lowest BCUT2D eigenvalue weighted by atomic mass is 9.99. The van der Waals surface area contributed by atoms with Crippen molar-refractivity contribution in [3.05, 3.63) is 11.8 Å². The Balaban J connectivity index is 1.95. The topological polar surface area (TPSA) is 131 Å². The molecule has 2 heterocycles. The van der Waals surface area contributed by atoms with E-state index in [1.807, 2.05) is 0 Å². The van der Waals surface area contributed by atoms with Crippen LogP contribution in [0.2, 0.25) is 0 Å². The van der Waals surface area contributed by atoms with Crippen molar-refractivity contribution in [2.75, 3.05) is 11.9 Å². The minimum Gasteiger partial charge on any atom is -0.451 e. The largest absolute Gasteiger partial charge is 0.451 e. The van der Waals surface area contributed by atoms with E-state index in [0.717, 1.165) is 4.90 Å². The van der Waals surface area contributed by atoms with Crippen molar-refractivity contribution in [2.24, 2.45) is 0 Å². The first-order chi connectivity index (χ1) is 12.2. The first kappa shape index (κ1) is 19.4. The van der Waals surface area contributed by atoms with Crippen molar-refractivity contribution >= 4 is 29.6 Å². The molecule has 2 atom stereocenters. The molecule has 1 aliphatic rings. The van der Waals surface area contributed by atoms with Crippen LogP contribution in [0.1, 0.15) is 39.4 Å². The first-order valence-corrected chi connectivity index (χ1v) is 8.28. The summed E-state index contributed by atoms with van der Waals surface area (Å²) in [6.45, 7) is 6.10. The summed E-state index contributed by atoms with van der Waals surface area (Å²) in [7, 11) is 0. The summed E-state index contributed by atoms with van der Waals surface area (Å²) < 4.78 is 9.96. The van der Waals surface area contributed by atoms with Gasteiger partial charge in [0, 0.05) is 6.07 Å². The Labute approximate surface area is 150 Å². The minimum absolute atomic E-state index is 0.204. The van der Waals surface area contributed by atoms with E-state index in [-0.39, 0.29) is 12.2 Å². The Morgan fingerprint density at radius 3 is 2.62 bits per heavy atom. The summed E-state index contributed by atoms with van der Waals surface area (Å²) in [6, 6.07) is 0.859. The second-order valence-corrected chi connectivity index (χ2v) is 6.21. The van der Waals surface area contributed by atoms with E-state index in [2.05, 4.69) is 15.8 Å². The van der Waals surface area contributed by atoms with E-state index in [0.29, 0.717) is 12.2 Å². The number of nitrogens with one attached hydrogen (secondary N) is 2. The van der Waals surface area contributed by atoms with Crippen LogP contribution in [0.4, 0.5) is 10.6 Å². The van der Waals surface area contributed by atoms with Gasteiger partial charge in [0.1, 0.15) is 17.8 Å². The number of rotatable bonds is 7. The van der Waals surface area contributed by atoms with Crippen LogP contribution in [0.25, 0.3) is 0 Å². The fourth-order valence-corrected chi connectivity index (χ4v) is 2.41. The molecule has 0 spiro atoms. The maximum Gasteiger partial charge on any atom is 0.327 e. The number of imide groups is 1.